The Bertz CT molecular complexity index is 1100. The van der Waals surface area contributed by atoms with Crippen LogP contribution in [0.3, 0.4) is 0 Å². The Morgan fingerprint density at radius 3 is 2.60 bits per heavy atom. The third kappa shape index (κ3) is 4.54. The lowest BCUT2D eigenvalue weighted by Gasteiger charge is -2.10. The molecule has 1 aromatic heterocycles. The second kappa shape index (κ2) is 9.04. The first-order valence-corrected chi connectivity index (χ1v) is 9.40. The minimum atomic E-state index is -0.546. The third-order valence-corrected chi connectivity index (χ3v) is 4.57. The van der Waals surface area contributed by atoms with E-state index in [-0.39, 0.29) is 11.3 Å². The van der Waals surface area contributed by atoms with Crippen molar-refractivity contribution in [2.24, 2.45) is 5.10 Å². The molecular formula is C22H22N4O4. The number of nitrogens with one attached hydrogen (secondary N) is 1. The number of benzene rings is 2. The van der Waals surface area contributed by atoms with Gasteiger partial charge in [-0.05, 0) is 57.2 Å². The number of hydrogen-bond donors (Lipinski definition) is 1. The van der Waals surface area contributed by atoms with Crippen LogP contribution < -0.4 is 10.2 Å². The summed E-state index contributed by atoms with van der Waals surface area (Å²) in [4.78, 5) is 22.5. The minimum absolute atomic E-state index is 0.148. The molecule has 0 aliphatic heterocycles. The first-order chi connectivity index (χ1) is 14.4. The Morgan fingerprint density at radius 1 is 1.20 bits per heavy atom. The number of hydrogen-bond acceptors (Lipinski definition) is 5. The number of ether oxygens (including phenoxy) is 1. The molecule has 8 nitrogen and oxygen atoms in total. The van der Waals surface area contributed by atoms with E-state index in [1.165, 1.54) is 24.3 Å². The molecule has 0 radical (unpaired) electrons. The standard InChI is InChI=1S/C22H22N4O4/c1-4-30-21-10-8-19(9-11-21)25-15(2)12-18(16(25)3)14-23-24-22(27)17-6-5-7-20(13-17)26(28)29/h5-14H,4H2,1-3H3,(H,24,27)/b23-14-. The number of amides is 1. The van der Waals surface area contributed by atoms with Crippen molar-refractivity contribution >= 4 is 17.8 Å². The molecule has 154 valence electrons. The van der Waals surface area contributed by atoms with Crippen LogP contribution in [0.5, 0.6) is 5.75 Å². The first kappa shape index (κ1) is 20.8. The summed E-state index contributed by atoms with van der Waals surface area (Å²) >= 11 is 0. The van der Waals surface area contributed by atoms with Crippen LogP contribution in [0.25, 0.3) is 5.69 Å². The van der Waals surface area contributed by atoms with Crippen LogP contribution in [0.2, 0.25) is 0 Å². The first-order valence-electron chi connectivity index (χ1n) is 9.40. The number of carbonyl (C=O) groups excluding carboxylic acids is 1. The highest BCUT2D eigenvalue weighted by Gasteiger charge is 2.12. The maximum Gasteiger partial charge on any atom is 0.271 e. The van der Waals surface area contributed by atoms with Crippen LogP contribution in [-0.4, -0.2) is 28.2 Å². The summed E-state index contributed by atoms with van der Waals surface area (Å²) in [7, 11) is 0. The van der Waals surface area contributed by atoms with Gasteiger partial charge in [0.1, 0.15) is 5.75 Å². The summed E-state index contributed by atoms with van der Waals surface area (Å²) in [6, 6.07) is 15.3. The molecule has 0 saturated carbocycles. The smallest absolute Gasteiger partial charge is 0.271 e. The number of nitro groups is 1. The zero-order chi connectivity index (χ0) is 21.7. The highest BCUT2D eigenvalue weighted by atomic mass is 16.6. The Kier molecular flexibility index (Phi) is 6.26. The van der Waals surface area contributed by atoms with E-state index in [1.54, 1.807) is 6.21 Å². The molecular weight excluding hydrogens is 384 g/mol. The normalized spacial score (nSPS) is 10.9. The summed E-state index contributed by atoms with van der Waals surface area (Å²) in [6.45, 7) is 6.51. The number of nitrogens with zero attached hydrogens (tertiary/aromatic N) is 3. The van der Waals surface area contributed by atoms with E-state index in [0.29, 0.717) is 6.61 Å². The van der Waals surface area contributed by atoms with Crippen molar-refractivity contribution in [3.8, 4) is 11.4 Å². The lowest BCUT2D eigenvalue weighted by Crippen LogP contribution is -2.17. The molecule has 3 rings (SSSR count). The second-order valence-electron chi connectivity index (χ2n) is 6.60. The van der Waals surface area contributed by atoms with Gasteiger partial charge in [0.05, 0.1) is 17.7 Å². The van der Waals surface area contributed by atoms with E-state index in [4.69, 9.17) is 4.74 Å². The fourth-order valence-electron chi connectivity index (χ4n) is 3.16. The SMILES string of the molecule is CCOc1ccc(-n2c(C)cc(/C=N\NC(=O)c3cccc([N+](=O)[O-])c3)c2C)cc1. The molecule has 30 heavy (non-hydrogen) atoms. The molecule has 0 aliphatic rings. The number of hydrazone groups is 1. The number of aromatic nitrogens is 1. The molecule has 0 spiro atoms. The van der Waals surface area contributed by atoms with Gasteiger partial charge in [-0.2, -0.15) is 5.10 Å². The van der Waals surface area contributed by atoms with Crippen LogP contribution >= 0.6 is 0 Å². The molecule has 2 aromatic carbocycles. The summed E-state index contributed by atoms with van der Waals surface area (Å²) in [5, 5.41) is 14.9. The van der Waals surface area contributed by atoms with Crippen molar-refractivity contribution < 1.29 is 14.5 Å². The van der Waals surface area contributed by atoms with Crippen LogP contribution in [0.4, 0.5) is 5.69 Å². The van der Waals surface area contributed by atoms with Gasteiger partial charge in [-0.1, -0.05) is 6.07 Å². The maximum atomic E-state index is 12.2. The monoisotopic (exact) mass is 406 g/mol. The Hall–Kier alpha value is -3.94. The molecule has 0 saturated heterocycles. The molecule has 0 unspecified atom stereocenters. The van der Waals surface area contributed by atoms with Crippen molar-refractivity contribution in [3.63, 3.8) is 0 Å². The van der Waals surface area contributed by atoms with Crippen molar-refractivity contribution in [2.45, 2.75) is 20.8 Å². The van der Waals surface area contributed by atoms with Gasteiger partial charge in [-0.15, -0.1) is 0 Å². The molecule has 0 bridgehead atoms. The Morgan fingerprint density at radius 2 is 1.93 bits per heavy atom. The van der Waals surface area contributed by atoms with E-state index in [9.17, 15) is 14.9 Å². The van der Waals surface area contributed by atoms with E-state index in [0.717, 1.165) is 28.4 Å². The predicted molar refractivity (Wildman–Crippen MR) is 115 cm³/mol. The van der Waals surface area contributed by atoms with Gasteiger partial charge < -0.3 is 9.30 Å². The second-order valence-corrected chi connectivity index (χ2v) is 6.60. The number of nitro benzene ring substituents is 1. The molecule has 8 heteroatoms. The molecule has 0 atom stereocenters. The van der Waals surface area contributed by atoms with Crippen LogP contribution in [0.1, 0.15) is 34.2 Å². The van der Waals surface area contributed by atoms with E-state index >= 15 is 0 Å². The van der Waals surface area contributed by atoms with Crippen molar-refractivity contribution in [3.05, 3.63) is 87.2 Å². The zero-order valence-electron chi connectivity index (χ0n) is 17.0. The Labute approximate surface area is 173 Å². The lowest BCUT2D eigenvalue weighted by molar-refractivity contribution is -0.384. The van der Waals surface area contributed by atoms with Crippen molar-refractivity contribution in [2.75, 3.05) is 6.61 Å². The number of carbonyl (C=O) groups is 1. The third-order valence-electron chi connectivity index (χ3n) is 4.57. The summed E-state index contributed by atoms with van der Waals surface area (Å²) in [5.41, 5.74) is 6.25. The topological polar surface area (TPSA) is 98.8 Å². The number of rotatable bonds is 7. The molecule has 1 amide bonds. The van der Waals surface area contributed by atoms with Gasteiger partial charge in [0.15, 0.2) is 0 Å². The number of non-ortho nitro benzene ring substituents is 1. The summed E-state index contributed by atoms with van der Waals surface area (Å²) in [6.07, 6.45) is 1.56. The van der Waals surface area contributed by atoms with Gasteiger partial charge in [0, 0.05) is 40.3 Å². The summed E-state index contributed by atoms with van der Waals surface area (Å²) in [5.74, 6) is 0.296. The van der Waals surface area contributed by atoms with Crippen LogP contribution in [-0.2, 0) is 0 Å². The quantitative estimate of drug-likeness (QED) is 0.362. The van der Waals surface area contributed by atoms with E-state index in [1.807, 2.05) is 51.1 Å². The average Bonchev–Trinajstić information content (AvgIpc) is 3.02. The van der Waals surface area contributed by atoms with Crippen LogP contribution in [0, 0.1) is 24.0 Å². The molecule has 0 fully saturated rings. The zero-order valence-corrected chi connectivity index (χ0v) is 17.0. The highest BCUT2D eigenvalue weighted by molar-refractivity contribution is 5.95. The average molecular weight is 406 g/mol. The highest BCUT2D eigenvalue weighted by Crippen LogP contribution is 2.22. The van der Waals surface area contributed by atoms with E-state index in [2.05, 4.69) is 15.1 Å². The van der Waals surface area contributed by atoms with Crippen LogP contribution in [0.15, 0.2) is 59.7 Å². The lowest BCUT2D eigenvalue weighted by atomic mass is 10.2. The molecule has 1 N–H and O–H groups in total. The van der Waals surface area contributed by atoms with Crippen molar-refractivity contribution in [1.29, 1.82) is 0 Å². The number of aryl methyl sites for hydroxylation is 1. The summed E-state index contributed by atoms with van der Waals surface area (Å²) < 4.78 is 7.57. The van der Waals surface area contributed by atoms with Gasteiger partial charge >= 0.3 is 0 Å². The fourth-order valence-corrected chi connectivity index (χ4v) is 3.16. The molecule has 3 aromatic rings. The van der Waals surface area contributed by atoms with Gasteiger partial charge in [-0.25, -0.2) is 5.43 Å². The van der Waals surface area contributed by atoms with Gasteiger partial charge in [-0.3, -0.25) is 14.9 Å². The predicted octanol–water partition coefficient (Wildman–Crippen LogP) is 4.16. The molecule has 1 heterocycles. The van der Waals surface area contributed by atoms with Crippen molar-refractivity contribution in [1.82, 2.24) is 9.99 Å². The largest absolute Gasteiger partial charge is 0.494 e. The van der Waals surface area contributed by atoms with Gasteiger partial charge in [0.2, 0.25) is 0 Å². The fraction of sp³-hybridized carbons (Fsp3) is 0.182. The minimum Gasteiger partial charge on any atom is -0.494 e. The maximum absolute atomic E-state index is 12.2. The van der Waals surface area contributed by atoms with E-state index < -0.39 is 10.8 Å². The molecule has 0 aliphatic carbocycles. The Balaban J connectivity index is 1.75. The van der Waals surface area contributed by atoms with Gasteiger partial charge in [0.25, 0.3) is 11.6 Å².